The van der Waals surface area contributed by atoms with Crippen LogP contribution in [0.4, 0.5) is 11.4 Å². The van der Waals surface area contributed by atoms with Crippen molar-refractivity contribution in [1.82, 2.24) is 0 Å². The van der Waals surface area contributed by atoms with Crippen molar-refractivity contribution < 1.29 is 9.59 Å². The number of likely N-dealkylation sites (N-methyl/N-ethyl adjacent to an activating group) is 1. The van der Waals surface area contributed by atoms with E-state index >= 15 is 0 Å². The molecule has 1 aliphatic rings. The molecular formula is C26H24N2O2S. The van der Waals surface area contributed by atoms with Crippen LogP contribution >= 0.6 is 11.8 Å². The Hall–Kier alpha value is -3.31. The predicted octanol–water partition coefficient (Wildman–Crippen LogP) is 5.65. The number of hydrogen-bond acceptors (Lipinski definition) is 4. The van der Waals surface area contributed by atoms with Gasteiger partial charge in [0, 0.05) is 17.1 Å². The molecule has 3 aromatic carbocycles. The number of anilines is 2. The van der Waals surface area contributed by atoms with Crippen LogP contribution in [0.25, 0.3) is 0 Å². The Morgan fingerprint density at radius 1 is 0.774 bits per heavy atom. The molecule has 4 nitrogen and oxygen atoms in total. The van der Waals surface area contributed by atoms with Gasteiger partial charge in [-0.25, -0.2) is 4.90 Å². The van der Waals surface area contributed by atoms with Crippen molar-refractivity contribution in [3.05, 3.63) is 101 Å². The first-order chi connectivity index (χ1) is 15.1. The van der Waals surface area contributed by atoms with Crippen LogP contribution in [0.5, 0.6) is 0 Å². The summed E-state index contributed by atoms with van der Waals surface area (Å²) in [6, 6.07) is 27.0. The topological polar surface area (TPSA) is 40.6 Å². The highest BCUT2D eigenvalue weighted by molar-refractivity contribution is 8.04. The van der Waals surface area contributed by atoms with E-state index in [1.807, 2.05) is 96.8 Å². The first-order valence-electron chi connectivity index (χ1n) is 10.4. The van der Waals surface area contributed by atoms with Crippen LogP contribution in [-0.2, 0) is 16.0 Å². The predicted molar refractivity (Wildman–Crippen MR) is 127 cm³/mol. The fraction of sp³-hybridized carbons (Fsp3) is 0.154. The van der Waals surface area contributed by atoms with Crippen LogP contribution in [0.15, 0.2) is 100 Å². The van der Waals surface area contributed by atoms with Gasteiger partial charge in [-0.1, -0.05) is 67.2 Å². The molecule has 0 aromatic heterocycles. The number of rotatable bonds is 7. The van der Waals surface area contributed by atoms with E-state index in [9.17, 15) is 9.59 Å². The molecule has 0 saturated heterocycles. The summed E-state index contributed by atoms with van der Waals surface area (Å²) in [5, 5.41) is 0. The lowest BCUT2D eigenvalue weighted by atomic mass is 10.1. The summed E-state index contributed by atoms with van der Waals surface area (Å²) in [5.41, 5.74) is 3.06. The van der Waals surface area contributed by atoms with Gasteiger partial charge in [-0.2, -0.15) is 0 Å². The molecule has 0 fully saturated rings. The zero-order chi connectivity index (χ0) is 21.8. The molecule has 0 radical (unpaired) electrons. The van der Waals surface area contributed by atoms with Gasteiger partial charge in [0.15, 0.2) is 0 Å². The number of hydrogen-bond donors (Lipinski definition) is 0. The van der Waals surface area contributed by atoms with Gasteiger partial charge in [0.1, 0.15) is 10.6 Å². The van der Waals surface area contributed by atoms with Crippen molar-refractivity contribution in [3.8, 4) is 0 Å². The van der Waals surface area contributed by atoms with Gasteiger partial charge < -0.3 is 4.90 Å². The molecule has 1 heterocycles. The van der Waals surface area contributed by atoms with Crippen molar-refractivity contribution in [1.29, 1.82) is 0 Å². The fourth-order valence-electron chi connectivity index (χ4n) is 3.63. The van der Waals surface area contributed by atoms with Gasteiger partial charge in [0.25, 0.3) is 11.8 Å². The van der Waals surface area contributed by atoms with Crippen molar-refractivity contribution in [2.75, 3.05) is 16.3 Å². The number of carbonyl (C=O) groups excluding carboxylic acids is 2. The van der Waals surface area contributed by atoms with Gasteiger partial charge in [0.05, 0.1) is 5.69 Å². The van der Waals surface area contributed by atoms with Crippen LogP contribution in [0.2, 0.25) is 0 Å². The van der Waals surface area contributed by atoms with Gasteiger partial charge in [0.2, 0.25) is 0 Å². The molecule has 3 aromatic rings. The number of thioether (sulfide) groups is 1. The molecule has 5 heteroatoms. The second-order valence-corrected chi connectivity index (χ2v) is 8.22. The quantitative estimate of drug-likeness (QED) is 0.456. The van der Waals surface area contributed by atoms with Crippen molar-refractivity contribution in [3.63, 3.8) is 0 Å². The fourth-order valence-corrected chi connectivity index (χ4v) is 4.63. The number of aryl methyl sites for hydroxylation is 1. The van der Waals surface area contributed by atoms with E-state index in [1.54, 1.807) is 0 Å². The number of para-hydroxylation sites is 1. The molecule has 4 rings (SSSR count). The minimum atomic E-state index is -0.293. The Morgan fingerprint density at radius 3 is 1.97 bits per heavy atom. The van der Waals surface area contributed by atoms with Crippen LogP contribution in [0.3, 0.4) is 0 Å². The maximum Gasteiger partial charge on any atom is 0.283 e. The van der Waals surface area contributed by atoms with Crippen molar-refractivity contribution >= 4 is 35.0 Å². The molecule has 0 spiro atoms. The number of carbonyl (C=O) groups is 2. The Morgan fingerprint density at radius 2 is 1.39 bits per heavy atom. The second kappa shape index (κ2) is 9.23. The molecule has 0 unspecified atom stereocenters. The molecule has 31 heavy (non-hydrogen) atoms. The average Bonchev–Trinajstić information content (AvgIpc) is 3.05. The lowest BCUT2D eigenvalue weighted by Gasteiger charge is -2.24. The third-order valence-corrected chi connectivity index (χ3v) is 6.32. The third-order valence-electron chi connectivity index (χ3n) is 5.24. The van der Waals surface area contributed by atoms with Gasteiger partial charge >= 0.3 is 0 Å². The maximum atomic E-state index is 13.6. The largest absolute Gasteiger partial charge is 0.336 e. The van der Waals surface area contributed by atoms with Crippen molar-refractivity contribution in [2.24, 2.45) is 0 Å². The normalized spacial score (nSPS) is 13.8. The van der Waals surface area contributed by atoms with E-state index in [2.05, 4.69) is 6.92 Å². The maximum absolute atomic E-state index is 13.6. The SMILES string of the molecule is CCc1ccc(N2C(=O)C(Sc3ccccc3)=C(N(CC)c3ccccc3)C2=O)cc1. The van der Waals surface area contributed by atoms with E-state index in [1.165, 1.54) is 16.7 Å². The van der Waals surface area contributed by atoms with Gasteiger partial charge in [-0.15, -0.1) is 0 Å². The Kier molecular flexibility index (Phi) is 6.23. The lowest BCUT2D eigenvalue weighted by molar-refractivity contribution is -0.120. The van der Waals surface area contributed by atoms with E-state index in [0.29, 0.717) is 22.8 Å². The molecule has 0 bridgehead atoms. The Labute approximate surface area is 187 Å². The number of amides is 2. The molecule has 156 valence electrons. The molecule has 0 saturated carbocycles. The van der Waals surface area contributed by atoms with Crippen LogP contribution in [-0.4, -0.2) is 18.4 Å². The Balaban J connectivity index is 1.80. The summed E-state index contributed by atoms with van der Waals surface area (Å²) in [5.74, 6) is -0.578. The van der Waals surface area contributed by atoms with Gasteiger partial charge in [-0.05, 0) is 55.3 Å². The second-order valence-electron chi connectivity index (χ2n) is 7.14. The van der Waals surface area contributed by atoms with E-state index in [-0.39, 0.29) is 11.8 Å². The van der Waals surface area contributed by atoms with Crippen molar-refractivity contribution in [2.45, 2.75) is 25.2 Å². The number of benzene rings is 3. The molecule has 2 amide bonds. The number of nitrogens with zero attached hydrogens (tertiary/aromatic N) is 2. The monoisotopic (exact) mass is 428 g/mol. The summed E-state index contributed by atoms with van der Waals surface area (Å²) in [7, 11) is 0. The summed E-state index contributed by atoms with van der Waals surface area (Å²) in [4.78, 5) is 31.8. The smallest absolute Gasteiger partial charge is 0.283 e. The minimum absolute atomic E-state index is 0.285. The molecule has 0 aliphatic carbocycles. The highest BCUT2D eigenvalue weighted by atomic mass is 32.2. The lowest BCUT2D eigenvalue weighted by Crippen LogP contribution is -2.35. The first kappa shape index (κ1) is 20.9. The van der Waals surface area contributed by atoms with Crippen LogP contribution in [0, 0.1) is 0 Å². The van der Waals surface area contributed by atoms with Gasteiger partial charge in [-0.3, -0.25) is 9.59 Å². The third kappa shape index (κ3) is 4.14. The van der Waals surface area contributed by atoms with Crippen LogP contribution in [0.1, 0.15) is 19.4 Å². The van der Waals surface area contributed by atoms with E-state index < -0.39 is 0 Å². The first-order valence-corrected chi connectivity index (χ1v) is 11.2. The Bertz CT molecular complexity index is 1110. The zero-order valence-electron chi connectivity index (χ0n) is 17.6. The average molecular weight is 429 g/mol. The highest BCUT2D eigenvalue weighted by Gasteiger charge is 2.42. The summed E-state index contributed by atoms with van der Waals surface area (Å²) in [6.07, 6.45) is 0.901. The molecular weight excluding hydrogens is 404 g/mol. The summed E-state index contributed by atoms with van der Waals surface area (Å²) in [6.45, 7) is 4.63. The van der Waals surface area contributed by atoms with E-state index in [0.717, 1.165) is 22.6 Å². The zero-order valence-corrected chi connectivity index (χ0v) is 18.4. The summed E-state index contributed by atoms with van der Waals surface area (Å²) >= 11 is 1.34. The van der Waals surface area contributed by atoms with E-state index in [4.69, 9.17) is 0 Å². The number of imide groups is 1. The summed E-state index contributed by atoms with van der Waals surface area (Å²) < 4.78 is 0. The minimum Gasteiger partial charge on any atom is -0.336 e. The van der Waals surface area contributed by atoms with Crippen LogP contribution < -0.4 is 9.80 Å². The molecule has 1 aliphatic heterocycles. The molecule has 0 N–H and O–H groups in total. The highest BCUT2D eigenvalue weighted by Crippen LogP contribution is 2.39. The molecule has 0 atom stereocenters. The standard InChI is InChI=1S/C26H24N2O2S/c1-3-19-15-17-21(18-16-19)28-25(29)23(27(4-2)20-11-7-5-8-12-20)24(26(28)30)31-22-13-9-6-10-14-22/h5-18H,3-4H2,1-2H3.